The Morgan fingerprint density at radius 3 is 2.61 bits per heavy atom. The molecule has 2 aromatic rings. The third-order valence-electron chi connectivity index (χ3n) is 2.64. The Labute approximate surface area is 106 Å². The van der Waals surface area contributed by atoms with Gasteiger partial charge >= 0.3 is 0 Å². The van der Waals surface area contributed by atoms with E-state index in [-0.39, 0.29) is 6.61 Å². The highest BCUT2D eigenvalue weighted by molar-refractivity contribution is 5.65. The number of rotatable bonds is 4. The van der Waals surface area contributed by atoms with Crippen LogP contribution in [0.1, 0.15) is 5.69 Å². The Balaban J connectivity index is 2.31. The van der Waals surface area contributed by atoms with Gasteiger partial charge in [-0.2, -0.15) is 0 Å². The lowest BCUT2D eigenvalue weighted by atomic mass is 10.2. The van der Waals surface area contributed by atoms with Gasteiger partial charge in [0.2, 0.25) is 0 Å². The lowest BCUT2D eigenvalue weighted by molar-refractivity contribution is 0.276. The van der Waals surface area contributed by atoms with Crippen molar-refractivity contribution in [2.45, 2.75) is 6.61 Å². The van der Waals surface area contributed by atoms with Gasteiger partial charge in [0.15, 0.2) is 5.82 Å². The van der Waals surface area contributed by atoms with Crippen molar-refractivity contribution in [3.63, 3.8) is 0 Å². The highest BCUT2D eigenvalue weighted by Gasteiger charge is 2.10. The zero-order chi connectivity index (χ0) is 13.0. The van der Waals surface area contributed by atoms with Crippen LogP contribution in [0.4, 0.5) is 11.5 Å². The second-order valence-corrected chi connectivity index (χ2v) is 3.75. The molecule has 5 heteroatoms. The van der Waals surface area contributed by atoms with Crippen LogP contribution in [0.15, 0.2) is 36.7 Å². The van der Waals surface area contributed by atoms with Gasteiger partial charge in [0.25, 0.3) is 0 Å². The van der Waals surface area contributed by atoms with Gasteiger partial charge < -0.3 is 14.7 Å². The Hall–Kier alpha value is -2.14. The third-order valence-corrected chi connectivity index (χ3v) is 2.64. The van der Waals surface area contributed by atoms with E-state index in [2.05, 4.69) is 9.97 Å². The zero-order valence-corrected chi connectivity index (χ0v) is 10.4. The summed E-state index contributed by atoms with van der Waals surface area (Å²) in [6, 6.07) is 7.68. The summed E-state index contributed by atoms with van der Waals surface area (Å²) in [4.78, 5) is 10.2. The fourth-order valence-electron chi connectivity index (χ4n) is 1.63. The molecular weight excluding hydrogens is 230 g/mol. The number of aliphatic hydroxyl groups excluding tert-OH is 1. The summed E-state index contributed by atoms with van der Waals surface area (Å²) in [7, 11) is 3.52. The van der Waals surface area contributed by atoms with Crippen LogP contribution in [0.5, 0.6) is 5.75 Å². The molecule has 0 aliphatic heterocycles. The SMILES string of the molecule is COc1ccccc1N(C)c1cnc(CO)cn1. The van der Waals surface area contributed by atoms with E-state index in [9.17, 15) is 0 Å². The summed E-state index contributed by atoms with van der Waals surface area (Å²) < 4.78 is 5.30. The molecule has 94 valence electrons. The molecule has 1 aromatic heterocycles. The molecule has 0 fully saturated rings. The summed E-state index contributed by atoms with van der Waals surface area (Å²) in [6.45, 7) is -0.106. The summed E-state index contributed by atoms with van der Waals surface area (Å²) in [6.07, 6.45) is 3.18. The molecule has 0 spiro atoms. The Bertz CT molecular complexity index is 514. The fraction of sp³-hybridized carbons (Fsp3) is 0.231. The molecule has 0 atom stereocenters. The number of para-hydroxylation sites is 2. The smallest absolute Gasteiger partial charge is 0.151 e. The first-order chi connectivity index (χ1) is 8.76. The maximum Gasteiger partial charge on any atom is 0.151 e. The number of hydrogen-bond acceptors (Lipinski definition) is 5. The molecule has 0 saturated carbocycles. The van der Waals surface area contributed by atoms with Crippen LogP contribution in [-0.2, 0) is 6.61 Å². The van der Waals surface area contributed by atoms with Crippen LogP contribution in [-0.4, -0.2) is 29.2 Å². The molecule has 0 saturated heterocycles. The van der Waals surface area contributed by atoms with Crippen molar-refractivity contribution >= 4 is 11.5 Å². The highest BCUT2D eigenvalue weighted by atomic mass is 16.5. The first-order valence-corrected chi connectivity index (χ1v) is 5.54. The van der Waals surface area contributed by atoms with E-state index in [0.717, 1.165) is 11.4 Å². The topological polar surface area (TPSA) is 58.5 Å². The van der Waals surface area contributed by atoms with Gasteiger partial charge in [-0.25, -0.2) is 4.98 Å². The van der Waals surface area contributed by atoms with E-state index in [1.54, 1.807) is 19.5 Å². The maximum absolute atomic E-state index is 8.93. The van der Waals surface area contributed by atoms with Gasteiger partial charge in [0, 0.05) is 7.05 Å². The first-order valence-electron chi connectivity index (χ1n) is 5.54. The normalized spacial score (nSPS) is 10.2. The van der Waals surface area contributed by atoms with E-state index in [4.69, 9.17) is 9.84 Å². The molecule has 1 N–H and O–H groups in total. The predicted molar refractivity (Wildman–Crippen MR) is 69.0 cm³/mol. The summed E-state index contributed by atoms with van der Waals surface area (Å²) >= 11 is 0. The standard InChI is InChI=1S/C13H15N3O2/c1-16(11-5-3-4-6-12(11)18-2)13-8-14-10(9-17)7-15-13/h3-8,17H,9H2,1-2H3. The second kappa shape index (κ2) is 5.46. The fourth-order valence-corrected chi connectivity index (χ4v) is 1.63. The van der Waals surface area contributed by atoms with Crippen molar-refractivity contribution in [1.29, 1.82) is 0 Å². The van der Waals surface area contributed by atoms with Gasteiger partial charge in [0.1, 0.15) is 5.75 Å². The summed E-state index contributed by atoms with van der Waals surface area (Å²) in [5, 5.41) is 8.93. The van der Waals surface area contributed by atoms with Gasteiger partial charge in [-0.05, 0) is 12.1 Å². The largest absolute Gasteiger partial charge is 0.495 e. The Morgan fingerprint density at radius 1 is 1.22 bits per heavy atom. The van der Waals surface area contributed by atoms with Gasteiger partial charge in [-0.3, -0.25) is 4.98 Å². The van der Waals surface area contributed by atoms with Gasteiger partial charge in [0.05, 0.1) is 37.5 Å². The molecule has 0 bridgehead atoms. The molecule has 18 heavy (non-hydrogen) atoms. The van der Waals surface area contributed by atoms with Crippen LogP contribution in [0.25, 0.3) is 0 Å². The molecule has 2 rings (SSSR count). The summed E-state index contributed by atoms with van der Waals surface area (Å²) in [5.41, 5.74) is 1.46. The minimum Gasteiger partial charge on any atom is -0.495 e. The molecule has 0 amide bonds. The number of methoxy groups -OCH3 is 1. The maximum atomic E-state index is 8.93. The molecule has 0 aliphatic carbocycles. The van der Waals surface area contributed by atoms with Crippen molar-refractivity contribution in [2.24, 2.45) is 0 Å². The lowest BCUT2D eigenvalue weighted by Crippen LogP contribution is -2.13. The van der Waals surface area contributed by atoms with E-state index in [1.807, 2.05) is 36.2 Å². The summed E-state index contributed by atoms with van der Waals surface area (Å²) in [5.74, 6) is 1.46. The van der Waals surface area contributed by atoms with Crippen LogP contribution >= 0.6 is 0 Å². The number of nitrogens with zero attached hydrogens (tertiary/aromatic N) is 3. The monoisotopic (exact) mass is 245 g/mol. The average Bonchev–Trinajstić information content (AvgIpc) is 2.46. The lowest BCUT2D eigenvalue weighted by Gasteiger charge is -2.20. The van der Waals surface area contributed by atoms with Gasteiger partial charge in [-0.1, -0.05) is 12.1 Å². The third kappa shape index (κ3) is 2.41. The number of aromatic nitrogens is 2. The van der Waals surface area contributed by atoms with E-state index in [1.165, 1.54) is 0 Å². The molecule has 1 aromatic carbocycles. The van der Waals surface area contributed by atoms with Crippen molar-refractivity contribution in [2.75, 3.05) is 19.1 Å². The molecule has 0 radical (unpaired) electrons. The predicted octanol–water partition coefficient (Wildman–Crippen LogP) is 1.75. The van der Waals surface area contributed by atoms with Crippen molar-refractivity contribution in [3.05, 3.63) is 42.4 Å². The van der Waals surface area contributed by atoms with E-state index >= 15 is 0 Å². The molecule has 5 nitrogen and oxygen atoms in total. The molecule has 0 aliphatic rings. The number of benzene rings is 1. The van der Waals surface area contributed by atoms with Crippen LogP contribution in [0.2, 0.25) is 0 Å². The molecule has 0 unspecified atom stereocenters. The van der Waals surface area contributed by atoms with Crippen molar-refractivity contribution in [3.8, 4) is 5.75 Å². The minimum atomic E-state index is -0.106. The zero-order valence-electron chi connectivity index (χ0n) is 10.4. The van der Waals surface area contributed by atoms with E-state index in [0.29, 0.717) is 11.5 Å². The van der Waals surface area contributed by atoms with Crippen LogP contribution in [0, 0.1) is 0 Å². The first kappa shape index (κ1) is 12.3. The molecular formula is C13H15N3O2. The number of ether oxygens (including phenoxy) is 1. The number of aliphatic hydroxyl groups is 1. The van der Waals surface area contributed by atoms with Gasteiger partial charge in [-0.15, -0.1) is 0 Å². The van der Waals surface area contributed by atoms with Crippen LogP contribution < -0.4 is 9.64 Å². The van der Waals surface area contributed by atoms with Crippen molar-refractivity contribution < 1.29 is 9.84 Å². The number of anilines is 2. The van der Waals surface area contributed by atoms with Crippen LogP contribution in [0.3, 0.4) is 0 Å². The Morgan fingerprint density at radius 2 is 2.00 bits per heavy atom. The minimum absolute atomic E-state index is 0.106. The highest BCUT2D eigenvalue weighted by Crippen LogP contribution is 2.30. The van der Waals surface area contributed by atoms with Crippen molar-refractivity contribution in [1.82, 2.24) is 9.97 Å². The van der Waals surface area contributed by atoms with E-state index < -0.39 is 0 Å². The average molecular weight is 245 g/mol. The second-order valence-electron chi connectivity index (χ2n) is 3.75. The number of hydrogen-bond donors (Lipinski definition) is 1. The molecule has 1 heterocycles. The quantitative estimate of drug-likeness (QED) is 0.889. The Kier molecular flexibility index (Phi) is 3.74.